The van der Waals surface area contributed by atoms with Gasteiger partial charge in [-0.15, -0.1) is 0 Å². The second-order valence-electron chi connectivity index (χ2n) is 6.73. The van der Waals surface area contributed by atoms with E-state index in [0.29, 0.717) is 4.90 Å². The molecule has 0 saturated carbocycles. The first kappa shape index (κ1) is 19.2. The van der Waals surface area contributed by atoms with Crippen LogP contribution in [0.1, 0.15) is 41.5 Å². The smallest absolute Gasteiger partial charge is 0.425 e. The van der Waals surface area contributed by atoms with E-state index in [-0.39, 0.29) is 5.02 Å². The summed E-state index contributed by atoms with van der Waals surface area (Å²) in [7, 11) is 0. The molecule has 128 valence electrons. The zero-order valence-corrected chi connectivity index (χ0v) is 14.7. The van der Waals surface area contributed by atoms with E-state index in [0.717, 1.165) is 0 Å². The third-order valence-corrected chi connectivity index (χ3v) is 2.48. The van der Waals surface area contributed by atoms with Crippen LogP contribution in [0.2, 0.25) is 5.02 Å². The molecule has 6 nitrogen and oxygen atoms in total. The molecule has 0 saturated heterocycles. The van der Waals surface area contributed by atoms with Crippen molar-refractivity contribution in [3.63, 3.8) is 0 Å². The topological polar surface area (TPSA) is 68.7 Å². The Morgan fingerprint density at radius 1 is 1.09 bits per heavy atom. The van der Waals surface area contributed by atoms with Gasteiger partial charge in [0, 0.05) is 6.20 Å². The molecule has 0 N–H and O–H groups in total. The standard InChI is InChI=1S/C15H20ClFN2O4/c1-14(2,3)22-12(20)19(13(21)23-15(4,5)6)11-10(17)9(16)7-8-18-11/h7-8H,1-6H3. The SMILES string of the molecule is CC(C)(C)OC(=O)N(C(=O)OC(C)(C)C)c1nccc(Cl)c1F. The summed E-state index contributed by atoms with van der Waals surface area (Å²) < 4.78 is 24.4. The molecule has 0 spiro atoms. The Morgan fingerprint density at radius 3 is 1.91 bits per heavy atom. The summed E-state index contributed by atoms with van der Waals surface area (Å²) in [6.07, 6.45) is -1.05. The number of pyridine rings is 1. The van der Waals surface area contributed by atoms with Gasteiger partial charge in [-0.05, 0) is 47.6 Å². The minimum atomic E-state index is -1.11. The van der Waals surface area contributed by atoms with Crippen molar-refractivity contribution in [3.8, 4) is 0 Å². The van der Waals surface area contributed by atoms with Crippen molar-refractivity contribution < 1.29 is 23.5 Å². The lowest BCUT2D eigenvalue weighted by atomic mass is 10.2. The molecule has 0 aliphatic heterocycles. The zero-order chi connectivity index (χ0) is 18.0. The lowest BCUT2D eigenvalue weighted by Gasteiger charge is -2.28. The first-order valence-electron chi connectivity index (χ1n) is 6.88. The monoisotopic (exact) mass is 346 g/mol. The van der Waals surface area contributed by atoms with Gasteiger partial charge in [-0.2, -0.15) is 4.90 Å². The van der Waals surface area contributed by atoms with Gasteiger partial charge in [-0.25, -0.2) is 19.0 Å². The highest BCUT2D eigenvalue weighted by Crippen LogP contribution is 2.26. The number of amides is 2. The Morgan fingerprint density at radius 2 is 1.52 bits per heavy atom. The second kappa shape index (κ2) is 6.70. The number of hydrogen-bond acceptors (Lipinski definition) is 5. The van der Waals surface area contributed by atoms with Crippen molar-refractivity contribution in [2.75, 3.05) is 4.90 Å². The van der Waals surface area contributed by atoms with Crippen LogP contribution in [0.5, 0.6) is 0 Å². The second-order valence-corrected chi connectivity index (χ2v) is 7.13. The Kier molecular flexibility index (Phi) is 5.58. The highest BCUT2D eigenvalue weighted by atomic mass is 35.5. The molecule has 8 heteroatoms. The summed E-state index contributed by atoms with van der Waals surface area (Å²) >= 11 is 5.69. The lowest BCUT2D eigenvalue weighted by molar-refractivity contribution is 0.0427. The summed E-state index contributed by atoms with van der Waals surface area (Å²) in [6, 6.07) is 1.20. The fraction of sp³-hybridized carbons (Fsp3) is 0.533. The quantitative estimate of drug-likeness (QED) is 0.746. The van der Waals surface area contributed by atoms with Gasteiger partial charge in [-0.1, -0.05) is 11.6 Å². The average Bonchev–Trinajstić information content (AvgIpc) is 2.30. The maximum Gasteiger partial charge on any atom is 0.425 e. The number of halogens is 2. The van der Waals surface area contributed by atoms with Gasteiger partial charge in [0.1, 0.15) is 11.2 Å². The van der Waals surface area contributed by atoms with Gasteiger partial charge < -0.3 is 9.47 Å². The van der Waals surface area contributed by atoms with Crippen LogP contribution in [0.4, 0.5) is 19.8 Å². The van der Waals surface area contributed by atoms with Crippen LogP contribution in [0.25, 0.3) is 0 Å². The predicted molar refractivity (Wildman–Crippen MR) is 84.2 cm³/mol. The van der Waals surface area contributed by atoms with Crippen molar-refractivity contribution in [2.24, 2.45) is 0 Å². The molecule has 1 aromatic heterocycles. The Hall–Kier alpha value is -1.89. The van der Waals surface area contributed by atoms with Crippen LogP contribution >= 0.6 is 11.6 Å². The number of rotatable bonds is 1. The third kappa shape index (κ3) is 5.67. The number of anilines is 1. The first-order valence-corrected chi connectivity index (χ1v) is 7.26. The van der Waals surface area contributed by atoms with Crippen molar-refractivity contribution >= 4 is 29.6 Å². The van der Waals surface area contributed by atoms with Gasteiger partial charge in [-0.3, -0.25) is 0 Å². The molecule has 0 aliphatic rings. The van der Waals surface area contributed by atoms with Gasteiger partial charge in [0.2, 0.25) is 0 Å². The number of carbonyl (C=O) groups is 2. The molecule has 0 radical (unpaired) electrons. The summed E-state index contributed by atoms with van der Waals surface area (Å²) in [5, 5.41) is -0.285. The van der Waals surface area contributed by atoms with Crippen LogP contribution in [-0.2, 0) is 9.47 Å². The fourth-order valence-electron chi connectivity index (χ4n) is 1.43. The molecule has 2 amide bonds. The molecular weight excluding hydrogens is 327 g/mol. The van der Waals surface area contributed by atoms with Crippen LogP contribution in [0, 0.1) is 5.82 Å². The van der Waals surface area contributed by atoms with E-state index in [1.165, 1.54) is 12.3 Å². The maximum absolute atomic E-state index is 14.2. The largest absolute Gasteiger partial charge is 0.443 e. The van der Waals surface area contributed by atoms with Gasteiger partial charge in [0.25, 0.3) is 0 Å². The van der Waals surface area contributed by atoms with Crippen LogP contribution in [0.3, 0.4) is 0 Å². The minimum absolute atomic E-state index is 0.285. The molecule has 0 unspecified atom stereocenters. The van der Waals surface area contributed by atoms with E-state index in [1.54, 1.807) is 41.5 Å². The van der Waals surface area contributed by atoms with Crippen LogP contribution in [-0.4, -0.2) is 28.4 Å². The molecule has 0 aromatic carbocycles. The van der Waals surface area contributed by atoms with Crippen molar-refractivity contribution in [3.05, 3.63) is 23.1 Å². The molecule has 1 aromatic rings. The van der Waals surface area contributed by atoms with Gasteiger partial charge >= 0.3 is 12.2 Å². The molecule has 0 aliphatic carbocycles. The highest BCUT2D eigenvalue weighted by molar-refractivity contribution is 6.31. The molecule has 1 heterocycles. The van der Waals surface area contributed by atoms with E-state index < -0.39 is 35.0 Å². The number of imide groups is 1. The van der Waals surface area contributed by atoms with Gasteiger partial charge in [0.05, 0.1) is 5.02 Å². The van der Waals surface area contributed by atoms with Crippen LogP contribution < -0.4 is 4.90 Å². The van der Waals surface area contributed by atoms with E-state index in [1.807, 2.05) is 0 Å². The van der Waals surface area contributed by atoms with Crippen LogP contribution in [0.15, 0.2) is 12.3 Å². The zero-order valence-electron chi connectivity index (χ0n) is 13.9. The number of hydrogen-bond donors (Lipinski definition) is 0. The predicted octanol–water partition coefficient (Wildman–Crippen LogP) is 4.55. The average molecular weight is 347 g/mol. The highest BCUT2D eigenvalue weighted by Gasteiger charge is 2.35. The summed E-state index contributed by atoms with van der Waals surface area (Å²) in [6.45, 7) is 9.67. The summed E-state index contributed by atoms with van der Waals surface area (Å²) in [4.78, 5) is 28.7. The molecule has 0 atom stereocenters. The van der Waals surface area contributed by atoms with E-state index in [9.17, 15) is 14.0 Å². The molecule has 1 rings (SSSR count). The Labute approximate surface area is 139 Å². The van der Waals surface area contributed by atoms with E-state index >= 15 is 0 Å². The summed E-state index contributed by atoms with van der Waals surface area (Å²) in [5.74, 6) is -1.60. The van der Waals surface area contributed by atoms with E-state index in [4.69, 9.17) is 21.1 Å². The minimum Gasteiger partial charge on any atom is -0.443 e. The number of ether oxygens (including phenoxy) is 2. The van der Waals surface area contributed by atoms with Crippen molar-refractivity contribution in [1.29, 1.82) is 0 Å². The fourth-order valence-corrected chi connectivity index (χ4v) is 1.57. The Balaban J connectivity index is 3.29. The molecule has 0 fully saturated rings. The molecular formula is C15H20ClFN2O4. The number of carbonyl (C=O) groups excluding carboxylic acids is 2. The van der Waals surface area contributed by atoms with Gasteiger partial charge in [0.15, 0.2) is 11.6 Å². The maximum atomic E-state index is 14.2. The summed E-state index contributed by atoms with van der Waals surface area (Å²) in [5.41, 5.74) is -1.79. The Bertz CT molecular complexity index is 580. The van der Waals surface area contributed by atoms with Crippen molar-refractivity contribution in [2.45, 2.75) is 52.7 Å². The normalized spacial score (nSPS) is 11.8. The lowest BCUT2D eigenvalue weighted by Crippen LogP contribution is -2.44. The number of nitrogens with zero attached hydrogens (tertiary/aromatic N) is 2. The first-order chi connectivity index (χ1) is 10.3. The number of aromatic nitrogens is 1. The molecule has 23 heavy (non-hydrogen) atoms. The van der Waals surface area contributed by atoms with E-state index in [2.05, 4.69) is 4.98 Å². The van der Waals surface area contributed by atoms with Crippen molar-refractivity contribution in [1.82, 2.24) is 4.98 Å². The molecule has 0 bridgehead atoms. The third-order valence-electron chi connectivity index (χ3n) is 2.19.